The molecule has 0 saturated heterocycles. The molecular formula is C14H33IN4. The van der Waals surface area contributed by atoms with E-state index < -0.39 is 0 Å². The van der Waals surface area contributed by atoms with Gasteiger partial charge in [0.1, 0.15) is 0 Å². The zero-order valence-electron chi connectivity index (χ0n) is 13.7. The number of nitrogens with zero attached hydrogens (tertiary/aromatic N) is 2. The number of aliphatic imine (C=N–C) groups is 1. The van der Waals surface area contributed by atoms with Crippen LogP contribution in [0.25, 0.3) is 0 Å². The van der Waals surface area contributed by atoms with E-state index in [2.05, 4.69) is 62.3 Å². The molecule has 2 N–H and O–H groups in total. The standard InChI is InChI=1S/C14H32N4.HI/c1-8-12(9-2)13(18(6)7)10-16-14(15-5)17-11(3)4;/h11-13H,8-10H2,1-7H3,(H2,15,16,17);1H. The summed E-state index contributed by atoms with van der Waals surface area (Å²) in [6.45, 7) is 9.72. The summed E-state index contributed by atoms with van der Waals surface area (Å²) < 4.78 is 0. The van der Waals surface area contributed by atoms with Crippen molar-refractivity contribution < 1.29 is 0 Å². The predicted octanol–water partition coefficient (Wildman–Crippen LogP) is 2.54. The van der Waals surface area contributed by atoms with Gasteiger partial charge >= 0.3 is 0 Å². The Bertz CT molecular complexity index is 238. The molecule has 0 aliphatic carbocycles. The fourth-order valence-corrected chi connectivity index (χ4v) is 2.27. The highest BCUT2D eigenvalue weighted by atomic mass is 127. The first-order valence-electron chi connectivity index (χ1n) is 7.09. The van der Waals surface area contributed by atoms with Gasteiger partial charge in [-0.3, -0.25) is 4.99 Å². The van der Waals surface area contributed by atoms with Crippen LogP contribution in [-0.2, 0) is 0 Å². The first-order chi connectivity index (χ1) is 8.46. The van der Waals surface area contributed by atoms with E-state index >= 15 is 0 Å². The van der Waals surface area contributed by atoms with Crippen LogP contribution in [-0.4, -0.2) is 50.6 Å². The molecule has 0 aliphatic heterocycles. The van der Waals surface area contributed by atoms with Gasteiger partial charge in [0.15, 0.2) is 5.96 Å². The predicted molar refractivity (Wildman–Crippen MR) is 96.6 cm³/mol. The molecule has 0 bridgehead atoms. The molecule has 0 fully saturated rings. The third-order valence-electron chi connectivity index (χ3n) is 3.38. The molecule has 116 valence electrons. The molecule has 0 amide bonds. The van der Waals surface area contributed by atoms with Gasteiger partial charge in [-0.2, -0.15) is 0 Å². The second-order valence-electron chi connectivity index (χ2n) is 5.36. The smallest absolute Gasteiger partial charge is 0.191 e. The van der Waals surface area contributed by atoms with Crippen molar-refractivity contribution in [2.45, 2.75) is 52.6 Å². The van der Waals surface area contributed by atoms with E-state index in [0.717, 1.165) is 18.4 Å². The van der Waals surface area contributed by atoms with E-state index in [4.69, 9.17) is 0 Å². The van der Waals surface area contributed by atoms with E-state index in [1.165, 1.54) is 12.8 Å². The summed E-state index contributed by atoms with van der Waals surface area (Å²) in [4.78, 5) is 6.56. The monoisotopic (exact) mass is 384 g/mol. The fourth-order valence-electron chi connectivity index (χ4n) is 2.27. The molecule has 0 aromatic carbocycles. The van der Waals surface area contributed by atoms with Gasteiger partial charge in [-0.15, -0.1) is 24.0 Å². The lowest BCUT2D eigenvalue weighted by atomic mass is 9.93. The van der Waals surface area contributed by atoms with Crippen LogP contribution in [0.1, 0.15) is 40.5 Å². The number of guanidine groups is 1. The number of likely N-dealkylation sites (N-methyl/N-ethyl adjacent to an activating group) is 1. The maximum absolute atomic E-state index is 4.25. The number of rotatable bonds is 7. The van der Waals surface area contributed by atoms with Crippen LogP contribution in [0.2, 0.25) is 0 Å². The Labute approximate surface area is 136 Å². The third kappa shape index (κ3) is 8.68. The lowest BCUT2D eigenvalue weighted by molar-refractivity contribution is 0.200. The lowest BCUT2D eigenvalue weighted by Gasteiger charge is -2.32. The Morgan fingerprint density at radius 3 is 2.00 bits per heavy atom. The molecule has 0 spiro atoms. The zero-order valence-corrected chi connectivity index (χ0v) is 16.0. The van der Waals surface area contributed by atoms with Crippen LogP contribution >= 0.6 is 24.0 Å². The van der Waals surface area contributed by atoms with Gasteiger partial charge in [-0.1, -0.05) is 26.7 Å². The van der Waals surface area contributed by atoms with E-state index in [-0.39, 0.29) is 24.0 Å². The second kappa shape index (κ2) is 11.8. The normalized spacial score (nSPS) is 13.7. The summed E-state index contributed by atoms with van der Waals surface area (Å²) in [5, 5.41) is 6.75. The van der Waals surface area contributed by atoms with Gasteiger partial charge in [0.05, 0.1) is 0 Å². The van der Waals surface area contributed by atoms with Crippen molar-refractivity contribution in [2.24, 2.45) is 10.9 Å². The van der Waals surface area contributed by atoms with E-state index in [1.54, 1.807) is 0 Å². The van der Waals surface area contributed by atoms with Crippen LogP contribution in [0.15, 0.2) is 4.99 Å². The van der Waals surface area contributed by atoms with E-state index in [9.17, 15) is 0 Å². The molecule has 0 rings (SSSR count). The largest absolute Gasteiger partial charge is 0.355 e. The topological polar surface area (TPSA) is 39.7 Å². The molecule has 0 aromatic heterocycles. The average molecular weight is 384 g/mol. The summed E-state index contributed by atoms with van der Waals surface area (Å²) in [5.41, 5.74) is 0. The van der Waals surface area contributed by atoms with E-state index in [0.29, 0.717) is 12.1 Å². The van der Waals surface area contributed by atoms with Crippen molar-refractivity contribution in [2.75, 3.05) is 27.7 Å². The van der Waals surface area contributed by atoms with Crippen molar-refractivity contribution in [1.82, 2.24) is 15.5 Å². The molecular weight excluding hydrogens is 351 g/mol. The highest BCUT2D eigenvalue weighted by Gasteiger charge is 2.20. The number of halogens is 1. The van der Waals surface area contributed by atoms with E-state index in [1.807, 2.05) is 7.05 Å². The van der Waals surface area contributed by atoms with Crippen LogP contribution in [0.5, 0.6) is 0 Å². The number of nitrogens with one attached hydrogen (secondary N) is 2. The molecule has 4 nitrogen and oxygen atoms in total. The lowest BCUT2D eigenvalue weighted by Crippen LogP contribution is -2.49. The summed E-state index contributed by atoms with van der Waals surface area (Å²) in [6.07, 6.45) is 2.44. The minimum atomic E-state index is 0. The molecule has 1 atom stereocenters. The van der Waals surface area contributed by atoms with Crippen molar-refractivity contribution >= 4 is 29.9 Å². The molecule has 0 aliphatic rings. The molecule has 0 saturated carbocycles. The highest BCUT2D eigenvalue weighted by Crippen LogP contribution is 2.16. The summed E-state index contributed by atoms with van der Waals surface area (Å²) in [6, 6.07) is 0.952. The molecule has 0 radical (unpaired) electrons. The van der Waals surface area contributed by atoms with Crippen LogP contribution in [0.4, 0.5) is 0 Å². The molecule has 0 aromatic rings. The van der Waals surface area contributed by atoms with Gasteiger partial charge in [-0.25, -0.2) is 0 Å². The van der Waals surface area contributed by atoms with Crippen molar-refractivity contribution in [1.29, 1.82) is 0 Å². The number of hydrogen-bond acceptors (Lipinski definition) is 2. The average Bonchev–Trinajstić information content (AvgIpc) is 2.31. The number of hydrogen-bond donors (Lipinski definition) is 2. The molecule has 19 heavy (non-hydrogen) atoms. The van der Waals surface area contributed by atoms with Gasteiger partial charge < -0.3 is 15.5 Å². The minimum Gasteiger partial charge on any atom is -0.355 e. The van der Waals surface area contributed by atoms with Gasteiger partial charge in [0.2, 0.25) is 0 Å². The maximum atomic E-state index is 4.25. The van der Waals surface area contributed by atoms with Crippen LogP contribution in [0.3, 0.4) is 0 Å². The van der Waals surface area contributed by atoms with Crippen LogP contribution in [0, 0.1) is 5.92 Å². The third-order valence-corrected chi connectivity index (χ3v) is 3.38. The summed E-state index contributed by atoms with van der Waals surface area (Å²) in [5.74, 6) is 1.62. The second-order valence-corrected chi connectivity index (χ2v) is 5.36. The Hall–Kier alpha value is -0.0400. The first kappa shape index (κ1) is 21.3. The summed E-state index contributed by atoms with van der Waals surface area (Å²) in [7, 11) is 6.13. The van der Waals surface area contributed by atoms with Crippen molar-refractivity contribution in [3.05, 3.63) is 0 Å². The molecule has 0 heterocycles. The first-order valence-corrected chi connectivity index (χ1v) is 7.09. The van der Waals surface area contributed by atoms with Crippen molar-refractivity contribution in [3.8, 4) is 0 Å². The quantitative estimate of drug-likeness (QED) is 0.403. The van der Waals surface area contributed by atoms with Gasteiger partial charge in [0.25, 0.3) is 0 Å². The Morgan fingerprint density at radius 2 is 1.68 bits per heavy atom. The SMILES string of the molecule is CCC(CC)C(CNC(=NC)NC(C)C)N(C)C.I. The van der Waals surface area contributed by atoms with Gasteiger partial charge in [-0.05, 0) is 33.9 Å². The van der Waals surface area contributed by atoms with Gasteiger partial charge in [0, 0.05) is 25.7 Å². The Kier molecular flexibility index (Phi) is 13.2. The molecule has 1 unspecified atom stereocenters. The minimum absolute atomic E-state index is 0. The highest BCUT2D eigenvalue weighted by molar-refractivity contribution is 14.0. The Morgan fingerprint density at radius 1 is 1.16 bits per heavy atom. The van der Waals surface area contributed by atoms with Crippen LogP contribution < -0.4 is 10.6 Å². The maximum Gasteiger partial charge on any atom is 0.191 e. The fraction of sp³-hybridized carbons (Fsp3) is 0.929. The summed E-state index contributed by atoms with van der Waals surface area (Å²) >= 11 is 0. The molecule has 5 heteroatoms. The zero-order chi connectivity index (χ0) is 14.1. The Balaban J connectivity index is 0. The van der Waals surface area contributed by atoms with Crippen molar-refractivity contribution in [3.63, 3.8) is 0 Å².